The number of esters is 1. The lowest BCUT2D eigenvalue weighted by atomic mass is 10.2. The molecule has 0 atom stereocenters. The van der Waals surface area contributed by atoms with Crippen LogP contribution in [0.2, 0.25) is 5.02 Å². The number of hydrazone groups is 1. The van der Waals surface area contributed by atoms with Crippen LogP contribution in [0.25, 0.3) is 0 Å². The van der Waals surface area contributed by atoms with E-state index in [1.54, 1.807) is 19.9 Å². The van der Waals surface area contributed by atoms with Gasteiger partial charge >= 0.3 is 5.97 Å². The molecule has 1 aromatic carbocycles. The minimum Gasteiger partial charge on any atom is -0.493 e. The number of hydrogen-bond donors (Lipinski definition) is 1. The summed E-state index contributed by atoms with van der Waals surface area (Å²) in [6.07, 6.45) is 0. The summed E-state index contributed by atoms with van der Waals surface area (Å²) in [4.78, 5) is 11.4. The van der Waals surface area contributed by atoms with Crippen molar-refractivity contribution in [2.75, 3.05) is 13.2 Å². The van der Waals surface area contributed by atoms with Gasteiger partial charge in [0.15, 0.2) is 0 Å². The third-order valence-corrected chi connectivity index (χ3v) is 2.80. The largest absolute Gasteiger partial charge is 0.493 e. The molecule has 0 fully saturated rings. The van der Waals surface area contributed by atoms with E-state index >= 15 is 0 Å². The summed E-state index contributed by atoms with van der Waals surface area (Å²) in [6.45, 7) is 6.48. The molecule has 0 aliphatic rings. The molecule has 1 aromatic rings. The van der Waals surface area contributed by atoms with Gasteiger partial charge in [-0.1, -0.05) is 17.7 Å². The molecule has 0 spiro atoms. The number of hydrogen-bond acceptors (Lipinski definition) is 5. The summed E-state index contributed by atoms with van der Waals surface area (Å²) in [5.74, 6) is 0.265. The van der Waals surface area contributed by atoms with Crippen LogP contribution >= 0.6 is 11.6 Å². The topological polar surface area (TPSA) is 59.9 Å². The number of carbonyl (C=O) groups excluding carboxylic acids is 1. The van der Waals surface area contributed by atoms with Crippen LogP contribution in [-0.2, 0) is 16.1 Å². The highest BCUT2D eigenvalue weighted by atomic mass is 35.5. The van der Waals surface area contributed by atoms with E-state index in [0.717, 1.165) is 5.56 Å². The fourth-order valence-electron chi connectivity index (χ4n) is 1.52. The van der Waals surface area contributed by atoms with E-state index in [2.05, 4.69) is 10.5 Å². The Morgan fingerprint density at radius 2 is 2.10 bits per heavy atom. The Bertz CT molecular complexity index is 489. The molecular formula is C14H19ClN2O3. The number of nitrogens with zero attached hydrogens (tertiary/aromatic N) is 1. The van der Waals surface area contributed by atoms with Crippen molar-refractivity contribution in [1.29, 1.82) is 0 Å². The van der Waals surface area contributed by atoms with E-state index < -0.39 is 5.97 Å². The van der Waals surface area contributed by atoms with Crippen LogP contribution in [0, 0.1) is 0 Å². The number of halogens is 1. The number of ether oxygens (including phenoxy) is 2. The van der Waals surface area contributed by atoms with Crippen LogP contribution in [0.1, 0.15) is 26.3 Å². The van der Waals surface area contributed by atoms with Gasteiger partial charge in [-0.15, -0.1) is 0 Å². The third kappa shape index (κ3) is 4.74. The Balaban J connectivity index is 2.70. The van der Waals surface area contributed by atoms with Crippen molar-refractivity contribution in [2.45, 2.75) is 27.3 Å². The number of rotatable bonds is 7. The van der Waals surface area contributed by atoms with Gasteiger partial charge < -0.3 is 14.9 Å². The molecule has 1 N–H and O–H groups in total. The average molecular weight is 299 g/mol. The molecule has 0 aliphatic heterocycles. The van der Waals surface area contributed by atoms with Gasteiger partial charge in [0, 0.05) is 10.6 Å². The highest BCUT2D eigenvalue weighted by molar-refractivity contribution is 6.35. The van der Waals surface area contributed by atoms with Gasteiger partial charge in [-0.25, -0.2) is 4.79 Å². The quantitative estimate of drug-likeness (QED) is 0.478. The molecule has 0 aliphatic carbocycles. The second kappa shape index (κ2) is 8.43. The lowest BCUT2D eigenvalue weighted by molar-refractivity contribution is -0.135. The van der Waals surface area contributed by atoms with Gasteiger partial charge in [0.05, 0.1) is 19.8 Å². The first kappa shape index (κ1) is 16.3. The molecule has 6 heteroatoms. The third-order valence-electron chi connectivity index (χ3n) is 2.45. The van der Waals surface area contributed by atoms with Crippen molar-refractivity contribution in [1.82, 2.24) is 5.43 Å². The van der Waals surface area contributed by atoms with Crippen LogP contribution < -0.4 is 10.2 Å². The molecular weight excluding hydrogens is 280 g/mol. The van der Waals surface area contributed by atoms with Gasteiger partial charge in [0.1, 0.15) is 11.5 Å². The van der Waals surface area contributed by atoms with E-state index in [9.17, 15) is 4.79 Å². The highest BCUT2D eigenvalue weighted by Crippen LogP contribution is 2.26. The highest BCUT2D eigenvalue weighted by Gasteiger charge is 2.09. The number of nitrogens with one attached hydrogen (secondary N) is 1. The summed E-state index contributed by atoms with van der Waals surface area (Å²) in [5, 5.41) is 4.55. The van der Waals surface area contributed by atoms with E-state index in [1.807, 2.05) is 19.1 Å². The summed E-state index contributed by atoms with van der Waals surface area (Å²) in [6, 6.07) is 5.45. The lowest BCUT2D eigenvalue weighted by Crippen LogP contribution is -2.18. The van der Waals surface area contributed by atoms with Crippen molar-refractivity contribution in [3.63, 3.8) is 0 Å². The molecule has 0 heterocycles. The zero-order chi connectivity index (χ0) is 15.0. The number of benzene rings is 1. The zero-order valence-corrected chi connectivity index (χ0v) is 12.7. The molecule has 0 saturated carbocycles. The lowest BCUT2D eigenvalue weighted by Gasteiger charge is -2.11. The maximum absolute atomic E-state index is 11.4. The summed E-state index contributed by atoms with van der Waals surface area (Å²) in [5.41, 5.74) is 3.87. The predicted octanol–water partition coefficient (Wildman–Crippen LogP) is 2.77. The van der Waals surface area contributed by atoms with Crippen LogP contribution in [0.3, 0.4) is 0 Å². The summed E-state index contributed by atoms with van der Waals surface area (Å²) in [7, 11) is 0. The summed E-state index contributed by atoms with van der Waals surface area (Å²) >= 11 is 6.13. The molecule has 0 radical (unpaired) electrons. The van der Waals surface area contributed by atoms with E-state index in [-0.39, 0.29) is 5.71 Å². The molecule has 5 nitrogen and oxygen atoms in total. The average Bonchev–Trinajstić information content (AvgIpc) is 2.42. The van der Waals surface area contributed by atoms with Crippen molar-refractivity contribution in [3.05, 3.63) is 28.8 Å². The van der Waals surface area contributed by atoms with E-state index in [4.69, 9.17) is 21.1 Å². The molecule has 20 heavy (non-hydrogen) atoms. The Labute approximate surface area is 123 Å². The molecule has 110 valence electrons. The first-order valence-corrected chi connectivity index (χ1v) is 6.82. The molecule has 0 aromatic heterocycles. The van der Waals surface area contributed by atoms with Crippen LogP contribution in [0.5, 0.6) is 5.75 Å². The molecule has 0 saturated heterocycles. The minimum atomic E-state index is -0.441. The first-order chi connectivity index (χ1) is 9.60. The van der Waals surface area contributed by atoms with E-state index in [0.29, 0.717) is 30.5 Å². The van der Waals surface area contributed by atoms with Gasteiger partial charge in [0.25, 0.3) is 0 Å². The molecule has 0 amide bonds. The predicted molar refractivity (Wildman–Crippen MR) is 79.2 cm³/mol. The van der Waals surface area contributed by atoms with Crippen LogP contribution in [0.15, 0.2) is 23.3 Å². The monoisotopic (exact) mass is 298 g/mol. The zero-order valence-electron chi connectivity index (χ0n) is 11.9. The Morgan fingerprint density at radius 1 is 1.35 bits per heavy atom. The van der Waals surface area contributed by atoms with Gasteiger partial charge in [0.2, 0.25) is 0 Å². The number of carbonyl (C=O) groups is 1. The van der Waals surface area contributed by atoms with Crippen molar-refractivity contribution in [3.8, 4) is 5.75 Å². The minimum absolute atomic E-state index is 0.261. The van der Waals surface area contributed by atoms with Crippen molar-refractivity contribution in [2.24, 2.45) is 5.10 Å². The van der Waals surface area contributed by atoms with Crippen LogP contribution in [0.4, 0.5) is 0 Å². The first-order valence-electron chi connectivity index (χ1n) is 6.44. The van der Waals surface area contributed by atoms with Gasteiger partial charge in [-0.3, -0.25) is 0 Å². The van der Waals surface area contributed by atoms with Crippen molar-refractivity contribution >= 4 is 23.3 Å². The standard InChI is InChI=1S/C14H19ClN2O3/c1-4-19-13-8-6-7-12(15)11(13)9-16-17-10(3)14(18)20-5-2/h6-8,16H,4-5,9H2,1-3H3. The molecule has 1 rings (SSSR count). The van der Waals surface area contributed by atoms with Gasteiger partial charge in [-0.2, -0.15) is 5.10 Å². The maximum atomic E-state index is 11.4. The SMILES string of the molecule is CCOC(=O)C(C)=NNCc1c(Cl)cccc1OCC. The smallest absolute Gasteiger partial charge is 0.354 e. The van der Waals surface area contributed by atoms with E-state index in [1.165, 1.54) is 0 Å². The van der Waals surface area contributed by atoms with Crippen molar-refractivity contribution < 1.29 is 14.3 Å². The Hall–Kier alpha value is -1.75. The molecule has 0 unspecified atom stereocenters. The summed E-state index contributed by atoms with van der Waals surface area (Å²) < 4.78 is 10.3. The Morgan fingerprint density at radius 3 is 2.75 bits per heavy atom. The second-order valence-electron chi connectivity index (χ2n) is 3.90. The fourth-order valence-corrected chi connectivity index (χ4v) is 1.75. The second-order valence-corrected chi connectivity index (χ2v) is 4.31. The molecule has 0 bridgehead atoms. The maximum Gasteiger partial charge on any atom is 0.354 e. The fraction of sp³-hybridized carbons (Fsp3) is 0.429. The Kier molecular flexibility index (Phi) is 6.87. The van der Waals surface area contributed by atoms with Crippen LogP contribution in [-0.4, -0.2) is 24.9 Å². The van der Waals surface area contributed by atoms with Gasteiger partial charge in [-0.05, 0) is 32.9 Å². The normalized spacial score (nSPS) is 11.1.